The Morgan fingerprint density at radius 3 is 2.43 bits per heavy atom. The molecule has 0 saturated heterocycles. The Kier molecular flexibility index (Phi) is 3.64. The highest BCUT2D eigenvalue weighted by molar-refractivity contribution is 5.48. The second-order valence-electron chi connectivity index (χ2n) is 3.27. The van der Waals surface area contributed by atoms with Crippen molar-refractivity contribution >= 4 is 11.6 Å². The van der Waals surface area contributed by atoms with Crippen molar-refractivity contribution in [3.63, 3.8) is 0 Å². The van der Waals surface area contributed by atoms with E-state index >= 15 is 0 Å². The first kappa shape index (κ1) is 10.7. The number of rotatable bonds is 4. The van der Waals surface area contributed by atoms with Crippen molar-refractivity contribution in [1.82, 2.24) is 9.97 Å². The average molecular weight is 196 g/mol. The van der Waals surface area contributed by atoms with Gasteiger partial charge in [0.1, 0.15) is 18.0 Å². The standard InChI is InChI=1S/C9H16N4O/c1-12(2)8-6-9(11-7-10-8)13(3)4-5-14/h6-7,14H,4-5H2,1-3H3. The third kappa shape index (κ3) is 2.56. The smallest absolute Gasteiger partial charge is 0.133 e. The molecule has 78 valence electrons. The Morgan fingerprint density at radius 1 is 1.21 bits per heavy atom. The molecule has 0 unspecified atom stereocenters. The second-order valence-corrected chi connectivity index (χ2v) is 3.27. The molecule has 1 rings (SSSR count). The van der Waals surface area contributed by atoms with E-state index in [2.05, 4.69) is 9.97 Å². The van der Waals surface area contributed by atoms with Crippen LogP contribution in [0.2, 0.25) is 0 Å². The largest absolute Gasteiger partial charge is 0.395 e. The number of likely N-dealkylation sites (N-methyl/N-ethyl adjacent to an activating group) is 1. The van der Waals surface area contributed by atoms with Crippen LogP contribution in [0.4, 0.5) is 11.6 Å². The van der Waals surface area contributed by atoms with Crippen molar-refractivity contribution in [2.45, 2.75) is 0 Å². The minimum absolute atomic E-state index is 0.123. The summed E-state index contributed by atoms with van der Waals surface area (Å²) in [5.41, 5.74) is 0. The maximum atomic E-state index is 8.78. The number of aliphatic hydroxyl groups excluding tert-OH is 1. The van der Waals surface area contributed by atoms with Crippen LogP contribution in [0.25, 0.3) is 0 Å². The minimum Gasteiger partial charge on any atom is -0.395 e. The van der Waals surface area contributed by atoms with Crippen LogP contribution in [-0.4, -0.2) is 49.4 Å². The third-order valence-electron chi connectivity index (χ3n) is 1.92. The SMILES string of the molecule is CN(C)c1cc(N(C)CCO)ncn1. The summed E-state index contributed by atoms with van der Waals surface area (Å²) < 4.78 is 0. The molecule has 5 heteroatoms. The molecule has 0 aliphatic rings. The quantitative estimate of drug-likeness (QED) is 0.733. The molecular formula is C9H16N4O. The molecule has 1 heterocycles. The lowest BCUT2D eigenvalue weighted by Crippen LogP contribution is -2.23. The number of aromatic nitrogens is 2. The Bertz CT molecular complexity index is 290. The normalized spacial score (nSPS) is 10.0. The van der Waals surface area contributed by atoms with Crippen LogP contribution in [0.5, 0.6) is 0 Å². The fraction of sp³-hybridized carbons (Fsp3) is 0.556. The van der Waals surface area contributed by atoms with Crippen molar-refractivity contribution in [2.75, 3.05) is 44.1 Å². The van der Waals surface area contributed by atoms with Crippen LogP contribution < -0.4 is 9.80 Å². The monoisotopic (exact) mass is 196 g/mol. The van der Waals surface area contributed by atoms with Gasteiger partial charge in [-0.3, -0.25) is 0 Å². The lowest BCUT2D eigenvalue weighted by atomic mass is 10.4. The molecule has 1 N–H and O–H groups in total. The predicted octanol–water partition coefficient (Wildman–Crippen LogP) is -0.0289. The number of nitrogens with zero attached hydrogens (tertiary/aromatic N) is 4. The molecule has 5 nitrogen and oxygen atoms in total. The molecule has 0 fully saturated rings. The average Bonchev–Trinajstić information content (AvgIpc) is 2.18. The molecule has 0 atom stereocenters. The zero-order valence-corrected chi connectivity index (χ0v) is 8.80. The Labute approximate surface area is 84.0 Å². The number of anilines is 2. The Morgan fingerprint density at radius 2 is 1.86 bits per heavy atom. The minimum atomic E-state index is 0.123. The van der Waals surface area contributed by atoms with E-state index in [0.717, 1.165) is 11.6 Å². The summed E-state index contributed by atoms with van der Waals surface area (Å²) in [5.74, 6) is 1.68. The van der Waals surface area contributed by atoms with Crippen molar-refractivity contribution in [3.8, 4) is 0 Å². The van der Waals surface area contributed by atoms with Crippen LogP contribution in [0.15, 0.2) is 12.4 Å². The molecule has 14 heavy (non-hydrogen) atoms. The van der Waals surface area contributed by atoms with Crippen LogP contribution in [0.3, 0.4) is 0 Å². The van der Waals surface area contributed by atoms with Gasteiger partial charge < -0.3 is 14.9 Å². The van der Waals surface area contributed by atoms with Crippen LogP contribution in [0, 0.1) is 0 Å². The maximum Gasteiger partial charge on any atom is 0.133 e. The third-order valence-corrected chi connectivity index (χ3v) is 1.92. The van der Waals surface area contributed by atoms with Crippen molar-refractivity contribution < 1.29 is 5.11 Å². The van der Waals surface area contributed by atoms with E-state index in [-0.39, 0.29) is 6.61 Å². The number of hydrogen-bond acceptors (Lipinski definition) is 5. The molecule has 0 radical (unpaired) electrons. The van der Waals surface area contributed by atoms with Gasteiger partial charge in [0.2, 0.25) is 0 Å². The highest BCUT2D eigenvalue weighted by Crippen LogP contribution is 2.13. The van der Waals surface area contributed by atoms with Gasteiger partial charge in [-0.05, 0) is 0 Å². The van der Waals surface area contributed by atoms with E-state index in [4.69, 9.17) is 5.11 Å². The van der Waals surface area contributed by atoms with Gasteiger partial charge in [0, 0.05) is 33.8 Å². The van der Waals surface area contributed by atoms with Crippen molar-refractivity contribution in [3.05, 3.63) is 12.4 Å². The Hall–Kier alpha value is -1.36. The summed E-state index contributed by atoms with van der Waals surface area (Å²) >= 11 is 0. The lowest BCUT2D eigenvalue weighted by molar-refractivity contribution is 0.304. The highest BCUT2D eigenvalue weighted by atomic mass is 16.3. The highest BCUT2D eigenvalue weighted by Gasteiger charge is 2.04. The van der Waals surface area contributed by atoms with Crippen LogP contribution >= 0.6 is 0 Å². The molecule has 0 saturated carbocycles. The van der Waals surface area contributed by atoms with E-state index < -0.39 is 0 Å². The van der Waals surface area contributed by atoms with Crippen molar-refractivity contribution in [1.29, 1.82) is 0 Å². The lowest BCUT2D eigenvalue weighted by Gasteiger charge is -2.18. The second kappa shape index (κ2) is 4.76. The van der Waals surface area contributed by atoms with Crippen LogP contribution in [0.1, 0.15) is 0 Å². The van der Waals surface area contributed by atoms with Gasteiger partial charge in [0.15, 0.2) is 0 Å². The van der Waals surface area contributed by atoms with E-state index in [0.29, 0.717) is 6.54 Å². The fourth-order valence-corrected chi connectivity index (χ4v) is 1.06. The zero-order valence-electron chi connectivity index (χ0n) is 8.80. The van der Waals surface area contributed by atoms with Crippen molar-refractivity contribution in [2.24, 2.45) is 0 Å². The van der Waals surface area contributed by atoms with E-state index in [1.807, 2.05) is 37.0 Å². The summed E-state index contributed by atoms with van der Waals surface area (Å²) in [4.78, 5) is 12.0. The van der Waals surface area contributed by atoms with E-state index in [1.54, 1.807) is 0 Å². The van der Waals surface area contributed by atoms with Gasteiger partial charge in [0.05, 0.1) is 6.61 Å². The van der Waals surface area contributed by atoms with Crippen LogP contribution in [-0.2, 0) is 0 Å². The van der Waals surface area contributed by atoms with Gasteiger partial charge in [-0.15, -0.1) is 0 Å². The van der Waals surface area contributed by atoms with E-state index in [9.17, 15) is 0 Å². The summed E-state index contributed by atoms with van der Waals surface area (Å²) in [5, 5.41) is 8.78. The van der Waals surface area contributed by atoms with Gasteiger partial charge in [-0.1, -0.05) is 0 Å². The molecule has 1 aromatic rings. The van der Waals surface area contributed by atoms with Gasteiger partial charge in [-0.2, -0.15) is 0 Å². The summed E-state index contributed by atoms with van der Waals surface area (Å²) in [6.07, 6.45) is 1.53. The molecule has 0 spiro atoms. The predicted molar refractivity (Wildman–Crippen MR) is 56.7 cm³/mol. The van der Waals surface area contributed by atoms with Gasteiger partial charge in [0.25, 0.3) is 0 Å². The van der Waals surface area contributed by atoms with Gasteiger partial charge >= 0.3 is 0 Å². The zero-order chi connectivity index (χ0) is 10.6. The molecule has 1 aromatic heterocycles. The number of aliphatic hydroxyl groups is 1. The summed E-state index contributed by atoms with van der Waals surface area (Å²) in [7, 11) is 5.74. The first-order valence-corrected chi connectivity index (χ1v) is 4.46. The Balaban J connectivity index is 2.82. The first-order valence-electron chi connectivity index (χ1n) is 4.46. The molecule has 0 aliphatic carbocycles. The molecule has 0 amide bonds. The molecule has 0 aliphatic heterocycles. The summed E-state index contributed by atoms with van der Waals surface area (Å²) in [6, 6.07) is 1.88. The fourth-order valence-electron chi connectivity index (χ4n) is 1.06. The topological polar surface area (TPSA) is 52.5 Å². The maximum absolute atomic E-state index is 8.78. The van der Waals surface area contributed by atoms with Gasteiger partial charge in [-0.25, -0.2) is 9.97 Å². The molecule has 0 bridgehead atoms. The summed E-state index contributed by atoms with van der Waals surface area (Å²) in [6.45, 7) is 0.696. The van der Waals surface area contributed by atoms with E-state index in [1.165, 1.54) is 6.33 Å². The molecule has 0 aromatic carbocycles. The number of hydrogen-bond donors (Lipinski definition) is 1. The first-order chi connectivity index (χ1) is 6.65. The molecular weight excluding hydrogens is 180 g/mol.